The molecule has 0 aliphatic heterocycles. The average Bonchev–Trinajstić information content (AvgIpc) is 2.27. The van der Waals surface area contributed by atoms with Crippen LogP contribution in [-0.4, -0.2) is 14.0 Å². The van der Waals surface area contributed by atoms with Gasteiger partial charge in [0.25, 0.3) is 0 Å². The van der Waals surface area contributed by atoms with Crippen molar-refractivity contribution in [2.75, 3.05) is 0 Å². The highest BCUT2D eigenvalue weighted by molar-refractivity contribution is 7.88. The molecule has 1 rings (SSSR count). The Morgan fingerprint density at radius 2 is 1.68 bits per heavy atom. The zero-order valence-electron chi connectivity index (χ0n) is 11.9. The number of sulfonamides is 1. The van der Waals surface area contributed by atoms with Gasteiger partial charge in [-0.05, 0) is 31.4 Å². The van der Waals surface area contributed by atoms with E-state index in [1.165, 1.54) is 0 Å². The first-order chi connectivity index (χ1) is 8.78. The van der Waals surface area contributed by atoms with Gasteiger partial charge in [-0.25, -0.2) is 13.1 Å². The van der Waals surface area contributed by atoms with Crippen molar-refractivity contribution in [1.82, 2.24) is 4.72 Å². The van der Waals surface area contributed by atoms with Crippen LogP contribution in [0.25, 0.3) is 0 Å². The van der Waals surface area contributed by atoms with Crippen LogP contribution < -0.4 is 10.5 Å². The maximum absolute atomic E-state index is 12.1. The number of benzene rings is 1. The van der Waals surface area contributed by atoms with Gasteiger partial charge in [-0.2, -0.15) is 0 Å². The van der Waals surface area contributed by atoms with Crippen molar-refractivity contribution in [3.63, 3.8) is 0 Å². The van der Waals surface area contributed by atoms with E-state index in [2.05, 4.69) is 4.72 Å². The first-order valence-electron chi connectivity index (χ1n) is 6.57. The predicted octanol–water partition coefficient (Wildman–Crippen LogP) is 2.14. The van der Waals surface area contributed by atoms with Gasteiger partial charge in [0.2, 0.25) is 10.0 Å². The summed E-state index contributed by atoms with van der Waals surface area (Å²) in [6.07, 6.45) is 1.76. The van der Waals surface area contributed by atoms with Crippen LogP contribution in [0.1, 0.15) is 44.7 Å². The second-order valence-corrected chi connectivity index (χ2v) is 7.24. The molecule has 0 fully saturated rings. The summed E-state index contributed by atoms with van der Waals surface area (Å²) in [5.74, 6) is 0.00496. The van der Waals surface area contributed by atoms with Gasteiger partial charge in [0, 0.05) is 12.1 Å². The smallest absolute Gasteiger partial charge is 0.216 e. The lowest BCUT2D eigenvalue weighted by Crippen LogP contribution is -2.43. The van der Waals surface area contributed by atoms with Gasteiger partial charge in [-0.3, -0.25) is 0 Å². The summed E-state index contributed by atoms with van der Waals surface area (Å²) in [6.45, 7) is 6.33. The van der Waals surface area contributed by atoms with Crippen LogP contribution in [0.15, 0.2) is 24.3 Å². The summed E-state index contributed by atoms with van der Waals surface area (Å²) in [5, 5.41) is 0. The van der Waals surface area contributed by atoms with E-state index in [-0.39, 0.29) is 5.75 Å². The highest BCUT2D eigenvalue weighted by Gasteiger charge is 2.23. The molecule has 1 aromatic rings. The fraction of sp³-hybridized carbons (Fsp3) is 0.571. The first-order valence-corrected chi connectivity index (χ1v) is 8.23. The Morgan fingerprint density at radius 1 is 1.16 bits per heavy atom. The lowest BCUT2D eigenvalue weighted by Gasteiger charge is -2.25. The largest absolute Gasteiger partial charge is 0.326 e. The lowest BCUT2D eigenvalue weighted by atomic mass is 10.0. The molecule has 0 heterocycles. The van der Waals surface area contributed by atoms with E-state index in [4.69, 9.17) is 5.73 Å². The number of hydrogen-bond donors (Lipinski definition) is 2. The van der Waals surface area contributed by atoms with Crippen LogP contribution >= 0.6 is 0 Å². The third-order valence-corrected chi connectivity index (χ3v) is 4.50. The molecule has 0 unspecified atom stereocenters. The molecule has 0 aliphatic carbocycles. The fourth-order valence-corrected chi connectivity index (χ4v) is 3.77. The highest BCUT2D eigenvalue weighted by atomic mass is 32.2. The summed E-state index contributed by atoms with van der Waals surface area (Å²) >= 11 is 0. The van der Waals surface area contributed by atoms with Crippen molar-refractivity contribution in [2.24, 2.45) is 5.73 Å². The SMILES string of the molecule is CCCC(C)(C)NS(=O)(=O)Cc1ccc(CN)cc1. The van der Waals surface area contributed by atoms with Gasteiger partial charge in [-0.15, -0.1) is 0 Å². The topological polar surface area (TPSA) is 72.2 Å². The molecule has 0 saturated carbocycles. The monoisotopic (exact) mass is 284 g/mol. The van der Waals surface area contributed by atoms with E-state index in [9.17, 15) is 8.42 Å². The van der Waals surface area contributed by atoms with Gasteiger partial charge in [0.05, 0.1) is 5.75 Å². The number of hydrogen-bond acceptors (Lipinski definition) is 3. The highest BCUT2D eigenvalue weighted by Crippen LogP contribution is 2.15. The quantitative estimate of drug-likeness (QED) is 0.806. The van der Waals surface area contributed by atoms with Crippen molar-refractivity contribution in [2.45, 2.75) is 51.4 Å². The van der Waals surface area contributed by atoms with Crippen LogP contribution in [0.5, 0.6) is 0 Å². The Kier molecular flexibility index (Phi) is 5.52. The molecule has 0 atom stereocenters. The fourth-order valence-electron chi connectivity index (χ4n) is 2.12. The van der Waals surface area contributed by atoms with Crippen LogP contribution in [0.2, 0.25) is 0 Å². The molecule has 1 aromatic carbocycles. The Balaban J connectivity index is 2.73. The summed E-state index contributed by atoms with van der Waals surface area (Å²) in [5.41, 5.74) is 6.89. The average molecular weight is 284 g/mol. The van der Waals surface area contributed by atoms with E-state index in [1.54, 1.807) is 0 Å². The molecule has 0 bridgehead atoms. The minimum absolute atomic E-state index is 0.00496. The third-order valence-electron chi connectivity index (χ3n) is 2.92. The minimum atomic E-state index is -3.32. The Labute approximate surface area is 116 Å². The predicted molar refractivity (Wildman–Crippen MR) is 79.1 cm³/mol. The van der Waals surface area contributed by atoms with Crippen LogP contribution in [-0.2, 0) is 22.3 Å². The van der Waals surface area contributed by atoms with E-state index in [1.807, 2.05) is 45.0 Å². The van der Waals surface area contributed by atoms with E-state index in [0.717, 1.165) is 24.0 Å². The van der Waals surface area contributed by atoms with Crippen molar-refractivity contribution in [3.05, 3.63) is 35.4 Å². The maximum atomic E-state index is 12.1. The Morgan fingerprint density at radius 3 is 2.16 bits per heavy atom. The van der Waals surface area contributed by atoms with Crippen molar-refractivity contribution in [3.8, 4) is 0 Å². The summed E-state index contributed by atoms with van der Waals surface area (Å²) in [6, 6.07) is 7.35. The summed E-state index contributed by atoms with van der Waals surface area (Å²) < 4.78 is 27.0. The van der Waals surface area contributed by atoms with Crippen molar-refractivity contribution >= 4 is 10.0 Å². The number of rotatable bonds is 7. The Bertz CT molecular complexity index is 493. The molecule has 5 heteroatoms. The van der Waals surface area contributed by atoms with Gasteiger partial charge in [-0.1, -0.05) is 37.6 Å². The van der Waals surface area contributed by atoms with Crippen molar-refractivity contribution < 1.29 is 8.42 Å². The molecular weight excluding hydrogens is 260 g/mol. The van der Waals surface area contributed by atoms with Gasteiger partial charge in [0.1, 0.15) is 0 Å². The minimum Gasteiger partial charge on any atom is -0.326 e. The molecular formula is C14H24N2O2S. The molecule has 3 N–H and O–H groups in total. The summed E-state index contributed by atoms with van der Waals surface area (Å²) in [4.78, 5) is 0. The molecule has 0 amide bonds. The second-order valence-electron chi connectivity index (χ2n) is 5.52. The Hall–Kier alpha value is -0.910. The van der Waals surface area contributed by atoms with E-state index in [0.29, 0.717) is 6.54 Å². The van der Waals surface area contributed by atoms with Gasteiger partial charge in [0.15, 0.2) is 0 Å². The molecule has 4 nitrogen and oxygen atoms in total. The maximum Gasteiger partial charge on any atom is 0.216 e. The van der Waals surface area contributed by atoms with Crippen molar-refractivity contribution in [1.29, 1.82) is 0 Å². The molecule has 0 spiro atoms. The van der Waals surface area contributed by atoms with Gasteiger partial charge >= 0.3 is 0 Å². The summed E-state index contributed by atoms with van der Waals surface area (Å²) in [7, 11) is -3.32. The second kappa shape index (κ2) is 6.50. The number of nitrogens with two attached hydrogens (primary N) is 1. The van der Waals surface area contributed by atoms with Crippen LogP contribution in [0, 0.1) is 0 Å². The lowest BCUT2D eigenvalue weighted by molar-refractivity contribution is 0.417. The molecule has 0 aromatic heterocycles. The van der Waals surface area contributed by atoms with Crippen LogP contribution in [0.3, 0.4) is 0 Å². The zero-order chi connectivity index (χ0) is 14.5. The van der Waals surface area contributed by atoms with E-state index >= 15 is 0 Å². The van der Waals surface area contributed by atoms with Gasteiger partial charge < -0.3 is 5.73 Å². The standard InChI is InChI=1S/C14H24N2O2S/c1-4-9-14(2,3)16-19(17,18)11-13-7-5-12(10-15)6-8-13/h5-8,16H,4,9-11,15H2,1-3H3. The number of nitrogens with one attached hydrogen (secondary N) is 1. The zero-order valence-corrected chi connectivity index (χ0v) is 12.8. The molecule has 0 saturated heterocycles. The van der Waals surface area contributed by atoms with E-state index < -0.39 is 15.6 Å². The molecule has 108 valence electrons. The molecule has 19 heavy (non-hydrogen) atoms. The third kappa shape index (κ3) is 5.72. The molecule has 0 radical (unpaired) electrons. The molecule has 0 aliphatic rings. The normalized spacial score (nSPS) is 12.6. The van der Waals surface area contributed by atoms with Crippen LogP contribution in [0.4, 0.5) is 0 Å². The first kappa shape index (κ1) is 16.1.